The van der Waals surface area contributed by atoms with Gasteiger partial charge in [-0.05, 0) is 168 Å². The molecule has 2 saturated heterocycles. The lowest BCUT2D eigenvalue weighted by atomic mass is 9.85. The van der Waals surface area contributed by atoms with Crippen molar-refractivity contribution in [2.75, 3.05) is 39.4 Å². The molecule has 4 atom stereocenters. The molecule has 0 saturated carbocycles. The van der Waals surface area contributed by atoms with E-state index in [9.17, 15) is 19.2 Å². The zero-order chi connectivity index (χ0) is 58.5. The Balaban J connectivity index is 1.30. The lowest BCUT2D eigenvalue weighted by molar-refractivity contribution is -0.196. The minimum Gasteiger partial charge on any atom is -0.460 e. The van der Waals surface area contributed by atoms with Gasteiger partial charge in [-0.2, -0.15) is 10.2 Å². The number of esters is 2. The number of aromatic nitrogens is 4. The highest BCUT2D eigenvalue weighted by molar-refractivity contribution is 6.76. The number of nitrogens with one attached hydrogen (secondary N) is 1. The minimum atomic E-state index is -1.34. The molecule has 4 heterocycles. The van der Waals surface area contributed by atoms with Crippen LogP contribution in [-0.4, -0.2) is 126 Å². The van der Waals surface area contributed by atoms with Crippen LogP contribution in [0, 0.1) is 29.1 Å². The Morgan fingerprint density at radius 3 is 1.46 bits per heavy atom. The van der Waals surface area contributed by atoms with Crippen molar-refractivity contribution in [1.82, 2.24) is 34.8 Å². The van der Waals surface area contributed by atoms with Gasteiger partial charge in [-0.1, -0.05) is 51.4 Å². The summed E-state index contributed by atoms with van der Waals surface area (Å²) in [6.45, 7) is 41.0. The third kappa shape index (κ3) is 19.5. The summed E-state index contributed by atoms with van der Waals surface area (Å²) in [6, 6.07) is 14.6. The first kappa shape index (κ1) is 63.5. The van der Waals surface area contributed by atoms with Gasteiger partial charge >= 0.3 is 24.0 Å². The van der Waals surface area contributed by atoms with Crippen molar-refractivity contribution < 1.29 is 47.7 Å². The molecule has 1 N–H and O–H groups in total. The fourth-order valence-electron chi connectivity index (χ4n) is 9.83. The molecule has 17 nitrogen and oxygen atoms in total. The predicted molar refractivity (Wildman–Crippen MR) is 315 cm³/mol. The largest absolute Gasteiger partial charge is 0.460 e. The van der Waals surface area contributed by atoms with Crippen LogP contribution in [0.25, 0.3) is 21.8 Å². The maximum absolute atomic E-state index is 14.1. The van der Waals surface area contributed by atoms with Gasteiger partial charge in [0.15, 0.2) is 0 Å². The second kappa shape index (κ2) is 25.6. The number of benzene rings is 2. The SMILES string of the molecule is CC(C)(C)OC(=O)[C@@H](Cc1ccc2c(c1)c(CNCc1nn(COCC[Si](C)(C)C)c3ccc(C[C@H](C(=O)OC(C)(C)C)[C@H]4CCN(C(=O)OC(C)(C)C)C4)cc13)nn2COCC[Si](C)(C)C)[C@H]1CCN(OC(=O)C(C)(C)C)C1. The molecule has 79 heavy (non-hydrogen) atoms. The molecule has 19 heteroatoms. The van der Waals surface area contributed by atoms with Crippen LogP contribution in [0.15, 0.2) is 36.4 Å². The van der Waals surface area contributed by atoms with Crippen LogP contribution in [0.3, 0.4) is 0 Å². The smallest absolute Gasteiger partial charge is 0.410 e. The number of hydrogen-bond acceptors (Lipinski definition) is 14. The Labute approximate surface area is 473 Å². The van der Waals surface area contributed by atoms with Gasteiger partial charge in [-0.15, -0.1) is 5.06 Å². The number of nitrogens with zero attached hydrogens (tertiary/aromatic N) is 6. The van der Waals surface area contributed by atoms with Crippen LogP contribution in [-0.2, 0) is 82.3 Å². The molecule has 0 radical (unpaired) electrons. The zero-order valence-corrected chi connectivity index (χ0v) is 53.4. The van der Waals surface area contributed by atoms with Crippen molar-refractivity contribution in [2.24, 2.45) is 29.1 Å². The van der Waals surface area contributed by atoms with Crippen molar-refractivity contribution in [1.29, 1.82) is 0 Å². The summed E-state index contributed by atoms with van der Waals surface area (Å²) < 4.78 is 34.3. The van der Waals surface area contributed by atoms with E-state index in [1.165, 1.54) is 0 Å². The lowest BCUT2D eigenvalue weighted by Gasteiger charge is -2.28. The fourth-order valence-corrected chi connectivity index (χ4v) is 11.3. The standard InChI is InChI=1S/C60H97N7O10Si2/c1-57(2,3)55(70)77-65-26-24-44(38-65)46(54(69)75-59(7,8)9)32-42-20-22-52-48(34-42)50(63-67(52)40-73-28-30-79(16,17)18)36-61-35-49-47-33-41(19-21-51(47)66(62-49)39-72-27-29-78(13,14)15)31-45(53(68)74-58(4,5)6)43-23-25-64(37-43)56(71)76-60(10,11)12/h19-22,33-34,43-46,61H,23-32,35-40H2,1-18H3/t43-,44-,45-,46-/m0/s1. The summed E-state index contributed by atoms with van der Waals surface area (Å²) in [6.07, 6.45) is 1.82. The molecule has 2 aromatic carbocycles. The number of amides is 1. The number of carbonyl (C=O) groups is 4. The third-order valence-electron chi connectivity index (χ3n) is 14.1. The van der Waals surface area contributed by atoms with Gasteiger partial charge in [0.2, 0.25) is 0 Å². The maximum atomic E-state index is 14.1. The van der Waals surface area contributed by atoms with Gasteiger partial charge < -0.3 is 38.7 Å². The van der Waals surface area contributed by atoms with Crippen LogP contribution in [0.2, 0.25) is 51.4 Å². The molecule has 0 aliphatic carbocycles. The second-order valence-electron chi connectivity index (χ2n) is 28.6. The Kier molecular flexibility index (Phi) is 20.6. The summed E-state index contributed by atoms with van der Waals surface area (Å²) >= 11 is 0. The van der Waals surface area contributed by atoms with E-state index in [0.717, 1.165) is 56.4 Å². The highest BCUT2D eigenvalue weighted by atomic mass is 28.3. The van der Waals surface area contributed by atoms with Gasteiger partial charge in [0, 0.05) is 79.4 Å². The van der Waals surface area contributed by atoms with Crippen LogP contribution < -0.4 is 5.32 Å². The quantitative estimate of drug-likeness (QED) is 0.0321. The van der Waals surface area contributed by atoms with Crippen molar-refractivity contribution in [3.8, 4) is 0 Å². The number of fused-ring (bicyclic) bond motifs is 2. The van der Waals surface area contributed by atoms with Gasteiger partial charge in [-0.25, -0.2) is 19.0 Å². The second-order valence-corrected chi connectivity index (χ2v) is 39.9. The van der Waals surface area contributed by atoms with Crippen LogP contribution in [0.5, 0.6) is 0 Å². The average molecular weight is 1130 g/mol. The van der Waals surface area contributed by atoms with E-state index in [4.69, 9.17) is 38.7 Å². The topological polar surface area (TPSA) is 178 Å². The van der Waals surface area contributed by atoms with Crippen molar-refractivity contribution in [2.45, 2.75) is 203 Å². The Hall–Kier alpha value is -4.67. The van der Waals surface area contributed by atoms with E-state index in [0.29, 0.717) is 91.6 Å². The Morgan fingerprint density at radius 2 is 1.04 bits per heavy atom. The van der Waals surface area contributed by atoms with E-state index >= 15 is 0 Å². The maximum Gasteiger partial charge on any atom is 0.410 e. The molecule has 0 unspecified atom stereocenters. The molecule has 0 spiro atoms. The van der Waals surface area contributed by atoms with Crippen LogP contribution in [0.4, 0.5) is 4.79 Å². The van der Waals surface area contributed by atoms with Crippen molar-refractivity contribution >= 4 is 62.0 Å². The molecule has 1 amide bonds. The molecule has 4 aromatic rings. The summed E-state index contributed by atoms with van der Waals surface area (Å²) in [7, 11) is -2.67. The molecule has 2 aliphatic heterocycles. The van der Waals surface area contributed by atoms with Gasteiger partial charge in [-0.3, -0.25) is 9.59 Å². The molecule has 0 bridgehead atoms. The molecule has 6 rings (SSSR count). The van der Waals surface area contributed by atoms with Gasteiger partial charge in [0.1, 0.15) is 30.3 Å². The van der Waals surface area contributed by atoms with E-state index in [1.807, 2.05) is 92.4 Å². The molecular weight excluding hydrogens is 1030 g/mol. The highest BCUT2D eigenvalue weighted by Gasteiger charge is 2.41. The molecule has 2 aromatic heterocycles. The van der Waals surface area contributed by atoms with Gasteiger partial charge in [0.25, 0.3) is 0 Å². The van der Waals surface area contributed by atoms with Crippen LogP contribution >= 0.6 is 0 Å². The molecule has 440 valence electrons. The Bertz CT molecular complexity index is 2730. The highest BCUT2D eigenvalue weighted by Crippen LogP contribution is 2.35. The minimum absolute atomic E-state index is 0.0942. The van der Waals surface area contributed by atoms with Crippen molar-refractivity contribution in [3.05, 3.63) is 58.9 Å². The van der Waals surface area contributed by atoms with E-state index in [-0.39, 0.29) is 35.8 Å². The first-order valence-corrected chi connectivity index (χ1v) is 36.2. The van der Waals surface area contributed by atoms with E-state index in [1.54, 1.807) is 9.96 Å². The summed E-state index contributed by atoms with van der Waals surface area (Å²) in [5.41, 5.74) is 2.79. The number of rotatable bonds is 23. The number of carbonyl (C=O) groups excluding carboxylic acids is 4. The summed E-state index contributed by atoms with van der Waals surface area (Å²) in [5, 5.41) is 17.6. The normalized spacial score (nSPS) is 17.9. The first-order chi connectivity index (χ1) is 36.5. The lowest BCUT2D eigenvalue weighted by Crippen LogP contribution is -2.38. The average Bonchev–Trinajstić information content (AvgIpc) is 4.20. The number of ether oxygens (including phenoxy) is 5. The number of likely N-dealkylation sites (tertiary alicyclic amines) is 1. The molecule has 2 fully saturated rings. The monoisotopic (exact) mass is 1130 g/mol. The number of hydroxylamine groups is 2. The van der Waals surface area contributed by atoms with Crippen LogP contribution in [0.1, 0.15) is 118 Å². The summed E-state index contributed by atoms with van der Waals surface area (Å²) in [4.78, 5) is 61.8. The number of hydrogen-bond donors (Lipinski definition) is 1. The molecular formula is C60H97N7O10Si2. The third-order valence-corrected chi connectivity index (χ3v) is 17.6. The zero-order valence-electron chi connectivity index (χ0n) is 51.4. The van der Waals surface area contributed by atoms with E-state index < -0.39 is 50.2 Å². The molecule has 2 aliphatic rings. The van der Waals surface area contributed by atoms with E-state index in [2.05, 4.69) is 81.0 Å². The predicted octanol–water partition coefficient (Wildman–Crippen LogP) is 11.4. The van der Waals surface area contributed by atoms with Crippen molar-refractivity contribution in [3.63, 3.8) is 0 Å². The van der Waals surface area contributed by atoms with Gasteiger partial charge in [0.05, 0.1) is 39.7 Å². The Morgan fingerprint density at radius 1 is 0.608 bits per heavy atom. The summed E-state index contributed by atoms with van der Waals surface area (Å²) in [5.74, 6) is -2.04. The fraction of sp³-hybridized carbons (Fsp3) is 0.700. The first-order valence-electron chi connectivity index (χ1n) is 28.7.